The standard InChI is InChI=1S/C17H29N5O/c1-3-6-22-7-4-14(5-8-22)20-17(23)16-11-18-10-15(16)13-9-19-21(2)12-13/h9,12,14-16,18H,3-8,10-11H2,1-2H3,(H,20,23)/t15-,16+/m1/s1. The van der Waals surface area contributed by atoms with E-state index in [1.807, 2.05) is 24.1 Å². The van der Waals surface area contributed by atoms with Crippen molar-refractivity contribution in [2.24, 2.45) is 13.0 Å². The van der Waals surface area contributed by atoms with E-state index in [0.29, 0.717) is 6.04 Å². The van der Waals surface area contributed by atoms with Gasteiger partial charge in [-0.3, -0.25) is 9.48 Å². The fourth-order valence-electron chi connectivity index (χ4n) is 3.86. The molecule has 2 atom stereocenters. The van der Waals surface area contributed by atoms with Crippen LogP contribution in [0.1, 0.15) is 37.7 Å². The second-order valence-electron chi connectivity index (χ2n) is 6.94. The van der Waals surface area contributed by atoms with Gasteiger partial charge in [0, 0.05) is 51.4 Å². The number of nitrogens with one attached hydrogen (secondary N) is 2. The molecule has 2 aliphatic rings. The third-order valence-corrected chi connectivity index (χ3v) is 5.18. The molecule has 0 radical (unpaired) electrons. The van der Waals surface area contributed by atoms with Crippen molar-refractivity contribution in [2.45, 2.75) is 38.1 Å². The van der Waals surface area contributed by atoms with Crippen molar-refractivity contribution in [2.75, 3.05) is 32.7 Å². The van der Waals surface area contributed by atoms with Crippen molar-refractivity contribution in [1.82, 2.24) is 25.3 Å². The highest BCUT2D eigenvalue weighted by Gasteiger charge is 2.35. The molecule has 6 heteroatoms. The molecule has 0 saturated carbocycles. The average Bonchev–Trinajstić information content (AvgIpc) is 3.18. The molecular weight excluding hydrogens is 290 g/mol. The fraction of sp³-hybridized carbons (Fsp3) is 0.765. The zero-order valence-corrected chi connectivity index (χ0v) is 14.3. The Kier molecular flexibility index (Phi) is 5.33. The molecule has 0 bridgehead atoms. The van der Waals surface area contributed by atoms with Gasteiger partial charge in [-0.1, -0.05) is 6.92 Å². The van der Waals surface area contributed by atoms with Gasteiger partial charge in [-0.15, -0.1) is 0 Å². The quantitative estimate of drug-likeness (QED) is 0.839. The monoisotopic (exact) mass is 319 g/mol. The summed E-state index contributed by atoms with van der Waals surface area (Å²) in [5.74, 6) is 0.467. The molecule has 2 N–H and O–H groups in total. The van der Waals surface area contributed by atoms with Crippen LogP contribution in [0.4, 0.5) is 0 Å². The van der Waals surface area contributed by atoms with Crippen LogP contribution in [-0.2, 0) is 11.8 Å². The molecule has 2 fully saturated rings. The molecule has 2 aliphatic heterocycles. The van der Waals surface area contributed by atoms with Crippen LogP contribution in [0.15, 0.2) is 12.4 Å². The van der Waals surface area contributed by atoms with Gasteiger partial charge in [-0.2, -0.15) is 5.10 Å². The molecule has 1 amide bonds. The Hall–Kier alpha value is -1.40. The summed E-state index contributed by atoms with van der Waals surface area (Å²) in [7, 11) is 1.92. The summed E-state index contributed by atoms with van der Waals surface area (Å²) in [6, 6.07) is 0.339. The minimum Gasteiger partial charge on any atom is -0.353 e. The molecule has 6 nitrogen and oxygen atoms in total. The van der Waals surface area contributed by atoms with Crippen molar-refractivity contribution in [1.29, 1.82) is 0 Å². The van der Waals surface area contributed by atoms with Crippen LogP contribution >= 0.6 is 0 Å². The number of nitrogens with zero attached hydrogens (tertiary/aromatic N) is 3. The van der Waals surface area contributed by atoms with E-state index in [1.54, 1.807) is 0 Å². The molecule has 128 valence electrons. The molecule has 0 unspecified atom stereocenters. The second-order valence-corrected chi connectivity index (χ2v) is 6.94. The summed E-state index contributed by atoms with van der Waals surface area (Å²) in [6.07, 6.45) is 7.27. The number of likely N-dealkylation sites (tertiary alicyclic amines) is 1. The van der Waals surface area contributed by atoms with E-state index >= 15 is 0 Å². The van der Waals surface area contributed by atoms with Gasteiger partial charge in [-0.25, -0.2) is 0 Å². The van der Waals surface area contributed by atoms with E-state index in [-0.39, 0.29) is 17.7 Å². The highest BCUT2D eigenvalue weighted by Crippen LogP contribution is 2.28. The van der Waals surface area contributed by atoms with E-state index in [0.717, 1.165) is 44.6 Å². The summed E-state index contributed by atoms with van der Waals surface area (Å²) < 4.78 is 1.81. The lowest BCUT2D eigenvalue weighted by Gasteiger charge is -2.33. The van der Waals surface area contributed by atoms with Crippen LogP contribution in [-0.4, -0.2) is 59.4 Å². The van der Waals surface area contributed by atoms with Crippen LogP contribution in [0.2, 0.25) is 0 Å². The van der Waals surface area contributed by atoms with Gasteiger partial charge in [-0.05, 0) is 31.4 Å². The Morgan fingerprint density at radius 2 is 2.17 bits per heavy atom. The van der Waals surface area contributed by atoms with Crippen LogP contribution < -0.4 is 10.6 Å². The number of amides is 1. The molecule has 0 aliphatic carbocycles. The van der Waals surface area contributed by atoms with Crippen LogP contribution in [0.25, 0.3) is 0 Å². The SMILES string of the molecule is CCCN1CCC(NC(=O)[C@H]2CNC[C@@H]2c2cnn(C)c2)CC1. The maximum absolute atomic E-state index is 12.7. The first-order valence-electron chi connectivity index (χ1n) is 8.89. The van der Waals surface area contributed by atoms with Crippen LogP contribution in [0, 0.1) is 5.92 Å². The van der Waals surface area contributed by atoms with Gasteiger partial charge in [0.05, 0.1) is 12.1 Å². The van der Waals surface area contributed by atoms with E-state index in [4.69, 9.17) is 0 Å². The van der Waals surface area contributed by atoms with E-state index in [9.17, 15) is 4.79 Å². The molecule has 0 aromatic carbocycles. The summed E-state index contributed by atoms with van der Waals surface area (Å²) in [4.78, 5) is 15.2. The third-order valence-electron chi connectivity index (χ3n) is 5.18. The lowest BCUT2D eigenvalue weighted by molar-refractivity contribution is -0.125. The summed E-state index contributed by atoms with van der Waals surface area (Å²) >= 11 is 0. The van der Waals surface area contributed by atoms with Crippen molar-refractivity contribution in [3.8, 4) is 0 Å². The maximum atomic E-state index is 12.7. The smallest absolute Gasteiger partial charge is 0.225 e. The predicted octanol–water partition coefficient (Wildman–Crippen LogP) is 0.714. The largest absolute Gasteiger partial charge is 0.353 e. The number of rotatable bonds is 5. The van der Waals surface area contributed by atoms with Gasteiger partial charge in [0.15, 0.2) is 0 Å². The number of hydrogen-bond acceptors (Lipinski definition) is 4. The second kappa shape index (κ2) is 7.45. The first kappa shape index (κ1) is 16.5. The lowest BCUT2D eigenvalue weighted by Crippen LogP contribution is -2.47. The van der Waals surface area contributed by atoms with Gasteiger partial charge < -0.3 is 15.5 Å². The first-order chi connectivity index (χ1) is 11.2. The Labute approximate surface area is 138 Å². The minimum atomic E-state index is 0.0212. The number of carbonyl (C=O) groups excluding carboxylic acids is 1. The third kappa shape index (κ3) is 3.93. The highest BCUT2D eigenvalue weighted by atomic mass is 16.2. The normalized spacial score (nSPS) is 26.5. The van der Waals surface area contributed by atoms with Crippen molar-refractivity contribution < 1.29 is 4.79 Å². The van der Waals surface area contributed by atoms with Crippen molar-refractivity contribution in [3.05, 3.63) is 18.0 Å². The Morgan fingerprint density at radius 1 is 1.39 bits per heavy atom. The minimum absolute atomic E-state index is 0.0212. The van der Waals surface area contributed by atoms with E-state index in [1.165, 1.54) is 13.0 Å². The van der Waals surface area contributed by atoms with Gasteiger partial charge in [0.1, 0.15) is 0 Å². The zero-order valence-electron chi connectivity index (χ0n) is 14.3. The van der Waals surface area contributed by atoms with Crippen LogP contribution in [0.5, 0.6) is 0 Å². The maximum Gasteiger partial charge on any atom is 0.225 e. The fourth-order valence-corrected chi connectivity index (χ4v) is 3.86. The molecule has 0 spiro atoms. The predicted molar refractivity (Wildman–Crippen MR) is 90.2 cm³/mol. The molecule has 2 saturated heterocycles. The summed E-state index contributed by atoms with van der Waals surface area (Å²) in [6.45, 7) is 7.23. The lowest BCUT2D eigenvalue weighted by atomic mass is 9.89. The number of carbonyl (C=O) groups is 1. The van der Waals surface area contributed by atoms with Gasteiger partial charge in [0.25, 0.3) is 0 Å². The van der Waals surface area contributed by atoms with E-state index < -0.39 is 0 Å². The van der Waals surface area contributed by atoms with Crippen LogP contribution in [0.3, 0.4) is 0 Å². The van der Waals surface area contributed by atoms with E-state index in [2.05, 4.69) is 27.6 Å². The van der Waals surface area contributed by atoms with Crippen molar-refractivity contribution >= 4 is 5.91 Å². The Morgan fingerprint density at radius 3 is 2.83 bits per heavy atom. The average molecular weight is 319 g/mol. The highest BCUT2D eigenvalue weighted by molar-refractivity contribution is 5.80. The van der Waals surface area contributed by atoms with Crippen molar-refractivity contribution in [3.63, 3.8) is 0 Å². The molecule has 1 aromatic heterocycles. The number of hydrogen-bond donors (Lipinski definition) is 2. The topological polar surface area (TPSA) is 62.2 Å². The number of aromatic nitrogens is 2. The zero-order chi connectivity index (χ0) is 16.2. The summed E-state index contributed by atoms with van der Waals surface area (Å²) in [5, 5.41) is 10.9. The number of aryl methyl sites for hydroxylation is 1. The Bertz CT molecular complexity index is 521. The molecule has 3 rings (SSSR count). The molecule has 3 heterocycles. The first-order valence-corrected chi connectivity index (χ1v) is 8.89. The Balaban J connectivity index is 1.53. The summed E-state index contributed by atoms with van der Waals surface area (Å²) in [5.41, 5.74) is 1.16. The molecule has 1 aromatic rings. The molecular formula is C17H29N5O. The number of piperidine rings is 1. The van der Waals surface area contributed by atoms with Gasteiger partial charge >= 0.3 is 0 Å². The van der Waals surface area contributed by atoms with Gasteiger partial charge in [0.2, 0.25) is 5.91 Å². The molecule has 23 heavy (non-hydrogen) atoms.